The molecule has 5 atom stereocenters. The Morgan fingerprint density at radius 1 is 1.16 bits per heavy atom. The van der Waals surface area contributed by atoms with Gasteiger partial charge in [0.15, 0.2) is 0 Å². The fourth-order valence-electron chi connectivity index (χ4n) is 5.16. The largest absolute Gasteiger partial charge is 0.361 e. The van der Waals surface area contributed by atoms with Crippen LogP contribution in [0.2, 0.25) is 0 Å². The number of pyridine rings is 1. The highest BCUT2D eigenvalue weighted by atomic mass is 16.5. The Balaban J connectivity index is 1.62. The molecule has 5 heteroatoms. The van der Waals surface area contributed by atoms with Crippen molar-refractivity contribution < 1.29 is 9.53 Å². The van der Waals surface area contributed by atoms with Crippen LogP contribution in [0.1, 0.15) is 12.0 Å². The molecule has 1 saturated heterocycles. The zero-order valence-corrected chi connectivity index (χ0v) is 14.2. The average molecular weight is 336 g/mol. The minimum Gasteiger partial charge on any atom is -0.361 e. The number of fused-ring (bicyclic) bond motifs is 6. The molecule has 1 N–H and O–H groups in total. The van der Waals surface area contributed by atoms with E-state index in [2.05, 4.69) is 17.1 Å². The standard InChI is InChI=1S/C20H20N2O3/c1-10-7-16(23)21-15-9-13(5-6-14(10)15)22-19(24)17-11-3-4-12(8-11)18(17)20(22)25-2/h3-7,9,11-12,17-18,20H,8H2,1-2H3,(H,21,23)/t11-,12+,17-,18+,20?/m1/s1. The summed E-state index contributed by atoms with van der Waals surface area (Å²) in [4.78, 5) is 29.6. The molecular weight excluding hydrogens is 316 g/mol. The van der Waals surface area contributed by atoms with Crippen LogP contribution >= 0.6 is 0 Å². The fourth-order valence-corrected chi connectivity index (χ4v) is 5.16. The lowest BCUT2D eigenvalue weighted by atomic mass is 9.85. The van der Waals surface area contributed by atoms with Gasteiger partial charge in [0, 0.05) is 30.2 Å². The van der Waals surface area contributed by atoms with Gasteiger partial charge in [-0.25, -0.2) is 0 Å². The minimum atomic E-state index is -0.244. The number of ether oxygens (including phenoxy) is 1. The lowest BCUT2D eigenvalue weighted by Gasteiger charge is -2.28. The molecule has 0 radical (unpaired) electrons. The number of carbonyl (C=O) groups excluding carboxylic acids is 1. The number of nitrogens with one attached hydrogen (secondary N) is 1. The maximum Gasteiger partial charge on any atom is 0.248 e. The van der Waals surface area contributed by atoms with Gasteiger partial charge in [0.2, 0.25) is 11.5 Å². The topological polar surface area (TPSA) is 62.4 Å². The zero-order valence-electron chi connectivity index (χ0n) is 14.2. The molecule has 2 fully saturated rings. The van der Waals surface area contributed by atoms with E-state index in [-0.39, 0.29) is 29.5 Å². The number of aromatic nitrogens is 1. The monoisotopic (exact) mass is 336 g/mol. The number of aromatic amines is 1. The van der Waals surface area contributed by atoms with Crippen LogP contribution in [-0.2, 0) is 9.53 Å². The average Bonchev–Trinajstić information content (AvgIpc) is 3.26. The number of aryl methyl sites for hydroxylation is 1. The summed E-state index contributed by atoms with van der Waals surface area (Å²) in [6.07, 6.45) is 5.27. The van der Waals surface area contributed by atoms with E-state index in [0.29, 0.717) is 11.8 Å². The SMILES string of the molecule is COC1[C@@H]2[C@H](C(=O)N1c1ccc3c(C)cc(=O)[nH]c3c1)[C@@H]1C=C[C@H]2C1. The molecule has 1 aromatic carbocycles. The Labute approximate surface area is 145 Å². The van der Waals surface area contributed by atoms with Gasteiger partial charge in [-0.1, -0.05) is 18.2 Å². The first-order chi connectivity index (χ1) is 12.1. The molecule has 1 aliphatic heterocycles. The number of allylic oxidation sites excluding steroid dienone is 2. The smallest absolute Gasteiger partial charge is 0.248 e. The fraction of sp³-hybridized carbons (Fsp3) is 0.400. The molecule has 128 valence electrons. The molecule has 2 bridgehead atoms. The maximum atomic E-state index is 13.2. The molecule has 1 saturated carbocycles. The number of carbonyl (C=O) groups is 1. The van der Waals surface area contributed by atoms with Gasteiger partial charge in [-0.3, -0.25) is 14.5 Å². The highest BCUT2D eigenvalue weighted by Gasteiger charge is 2.59. The lowest BCUT2D eigenvalue weighted by Crippen LogP contribution is -2.38. The Morgan fingerprint density at radius 3 is 2.76 bits per heavy atom. The number of hydrogen-bond donors (Lipinski definition) is 1. The van der Waals surface area contributed by atoms with E-state index in [9.17, 15) is 9.59 Å². The van der Waals surface area contributed by atoms with Crippen molar-refractivity contribution in [2.24, 2.45) is 23.7 Å². The molecule has 5 nitrogen and oxygen atoms in total. The molecule has 2 aliphatic carbocycles. The quantitative estimate of drug-likeness (QED) is 0.858. The molecular formula is C20H20N2O3. The highest BCUT2D eigenvalue weighted by Crippen LogP contribution is 2.55. The lowest BCUT2D eigenvalue weighted by molar-refractivity contribution is -0.121. The highest BCUT2D eigenvalue weighted by molar-refractivity contribution is 6.00. The number of rotatable bonds is 2. The molecule has 0 spiro atoms. The first-order valence-electron chi connectivity index (χ1n) is 8.76. The van der Waals surface area contributed by atoms with Gasteiger partial charge in [-0.05, 0) is 42.9 Å². The normalized spacial score (nSPS) is 32.8. The molecule has 3 aliphatic rings. The van der Waals surface area contributed by atoms with Crippen molar-refractivity contribution in [3.63, 3.8) is 0 Å². The Morgan fingerprint density at radius 2 is 1.96 bits per heavy atom. The summed E-state index contributed by atoms with van der Waals surface area (Å²) in [5.74, 6) is 1.15. The summed E-state index contributed by atoms with van der Waals surface area (Å²) in [6.45, 7) is 1.92. The van der Waals surface area contributed by atoms with Gasteiger partial charge >= 0.3 is 0 Å². The summed E-state index contributed by atoms with van der Waals surface area (Å²) in [6, 6.07) is 7.41. The molecule has 2 aromatic rings. The second kappa shape index (κ2) is 5.05. The molecule has 25 heavy (non-hydrogen) atoms. The summed E-state index contributed by atoms with van der Waals surface area (Å²) in [5.41, 5.74) is 2.35. The van der Waals surface area contributed by atoms with Crippen molar-refractivity contribution in [2.45, 2.75) is 19.6 Å². The van der Waals surface area contributed by atoms with E-state index in [1.54, 1.807) is 18.1 Å². The zero-order chi connectivity index (χ0) is 17.3. The Kier molecular flexibility index (Phi) is 3.01. The van der Waals surface area contributed by atoms with Crippen LogP contribution in [0, 0.1) is 30.6 Å². The van der Waals surface area contributed by atoms with Crippen LogP contribution in [0.3, 0.4) is 0 Å². The summed E-state index contributed by atoms with van der Waals surface area (Å²) in [5, 5.41) is 0.992. The molecule has 1 amide bonds. The third-order valence-corrected chi connectivity index (χ3v) is 6.18. The summed E-state index contributed by atoms with van der Waals surface area (Å²) < 4.78 is 5.77. The minimum absolute atomic E-state index is 0.0206. The third-order valence-electron chi connectivity index (χ3n) is 6.18. The number of hydrogen-bond acceptors (Lipinski definition) is 3. The predicted octanol–water partition coefficient (Wildman–Crippen LogP) is 2.59. The van der Waals surface area contributed by atoms with Gasteiger partial charge in [-0.2, -0.15) is 0 Å². The number of H-pyrrole nitrogens is 1. The van der Waals surface area contributed by atoms with Crippen molar-refractivity contribution >= 4 is 22.5 Å². The van der Waals surface area contributed by atoms with E-state index in [4.69, 9.17) is 4.74 Å². The van der Waals surface area contributed by atoms with Crippen LogP contribution in [0.5, 0.6) is 0 Å². The molecule has 1 aromatic heterocycles. The number of amides is 1. The molecule has 1 unspecified atom stereocenters. The van der Waals surface area contributed by atoms with E-state index >= 15 is 0 Å². The molecule has 2 heterocycles. The first-order valence-corrected chi connectivity index (χ1v) is 8.76. The van der Waals surface area contributed by atoms with Crippen LogP contribution in [0.4, 0.5) is 5.69 Å². The number of benzene rings is 1. The van der Waals surface area contributed by atoms with E-state index in [1.165, 1.54) is 0 Å². The molecule has 5 rings (SSSR count). The maximum absolute atomic E-state index is 13.2. The van der Waals surface area contributed by atoms with Gasteiger partial charge < -0.3 is 9.72 Å². The Bertz CT molecular complexity index is 977. The van der Waals surface area contributed by atoms with E-state index in [1.807, 2.05) is 25.1 Å². The van der Waals surface area contributed by atoms with E-state index in [0.717, 1.165) is 28.6 Å². The first kappa shape index (κ1) is 14.9. The second-order valence-electron chi connectivity index (χ2n) is 7.43. The van der Waals surface area contributed by atoms with Gasteiger partial charge in [0.1, 0.15) is 6.23 Å². The predicted molar refractivity (Wildman–Crippen MR) is 95.3 cm³/mol. The summed E-state index contributed by atoms with van der Waals surface area (Å²) in [7, 11) is 1.68. The van der Waals surface area contributed by atoms with Gasteiger partial charge in [0.25, 0.3) is 0 Å². The van der Waals surface area contributed by atoms with Crippen LogP contribution in [0.15, 0.2) is 41.2 Å². The van der Waals surface area contributed by atoms with E-state index < -0.39 is 0 Å². The second-order valence-corrected chi connectivity index (χ2v) is 7.43. The Hall–Kier alpha value is -2.40. The van der Waals surface area contributed by atoms with Crippen molar-refractivity contribution in [1.29, 1.82) is 0 Å². The number of nitrogens with zero attached hydrogens (tertiary/aromatic N) is 1. The summed E-state index contributed by atoms with van der Waals surface area (Å²) >= 11 is 0. The van der Waals surface area contributed by atoms with Crippen LogP contribution in [0.25, 0.3) is 10.9 Å². The van der Waals surface area contributed by atoms with Gasteiger partial charge in [-0.15, -0.1) is 0 Å². The van der Waals surface area contributed by atoms with Crippen molar-refractivity contribution in [3.8, 4) is 0 Å². The number of methoxy groups -OCH3 is 1. The number of anilines is 1. The van der Waals surface area contributed by atoms with Crippen LogP contribution < -0.4 is 10.5 Å². The van der Waals surface area contributed by atoms with Crippen molar-refractivity contribution in [1.82, 2.24) is 4.98 Å². The van der Waals surface area contributed by atoms with Crippen molar-refractivity contribution in [2.75, 3.05) is 12.0 Å². The van der Waals surface area contributed by atoms with Crippen molar-refractivity contribution in [3.05, 3.63) is 52.3 Å². The third kappa shape index (κ3) is 1.93. The van der Waals surface area contributed by atoms with Gasteiger partial charge in [0.05, 0.1) is 11.4 Å². The van der Waals surface area contributed by atoms with Crippen LogP contribution in [-0.4, -0.2) is 24.2 Å².